The molecule has 2 heterocycles. The summed E-state index contributed by atoms with van der Waals surface area (Å²) in [5, 5.41) is 14.4. The van der Waals surface area contributed by atoms with E-state index in [1.54, 1.807) is 12.4 Å². The van der Waals surface area contributed by atoms with Gasteiger partial charge in [-0.05, 0) is 36.1 Å². The summed E-state index contributed by atoms with van der Waals surface area (Å²) in [6.45, 7) is 3.99. The third-order valence-electron chi connectivity index (χ3n) is 5.38. The van der Waals surface area contributed by atoms with Crippen molar-refractivity contribution >= 4 is 17.7 Å². The van der Waals surface area contributed by atoms with Crippen LogP contribution in [-0.2, 0) is 4.79 Å². The topological polar surface area (TPSA) is 78.0 Å². The third kappa shape index (κ3) is 3.04. The largest absolute Gasteiger partial charge is 0.386 e. The van der Waals surface area contributed by atoms with Gasteiger partial charge in [0.25, 0.3) is 0 Å². The molecule has 5 nitrogen and oxygen atoms in total. The van der Waals surface area contributed by atoms with Crippen LogP contribution in [0.4, 0.5) is 11.4 Å². The Morgan fingerprint density at radius 1 is 1.19 bits per heavy atom. The van der Waals surface area contributed by atoms with Crippen molar-refractivity contribution in [2.75, 3.05) is 5.32 Å². The molecule has 0 saturated carbocycles. The summed E-state index contributed by atoms with van der Waals surface area (Å²) in [4.78, 5) is 19.4. The first-order chi connectivity index (χ1) is 13.0. The highest BCUT2D eigenvalue weighted by Gasteiger charge is 2.43. The molecule has 0 spiro atoms. The lowest BCUT2D eigenvalue weighted by Gasteiger charge is -2.38. The fourth-order valence-electron chi connectivity index (χ4n) is 3.95. The van der Waals surface area contributed by atoms with E-state index in [1.165, 1.54) is 0 Å². The quantitative estimate of drug-likeness (QED) is 0.595. The second kappa shape index (κ2) is 6.67. The highest BCUT2D eigenvalue weighted by atomic mass is 16.3. The Labute approximate surface area is 158 Å². The van der Waals surface area contributed by atoms with Crippen LogP contribution in [0.15, 0.2) is 54.9 Å². The van der Waals surface area contributed by atoms with Crippen molar-refractivity contribution in [2.24, 2.45) is 5.41 Å². The Morgan fingerprint density at radius 3 is 2.56 bits per heavy atom. The summed E-state index contributed by atoms with van der Waals surface area (Å²) in [5.74, 6) is -0.281. The van der Waals surface area contributed by atoms with Gasteiger partial charge in [0.1, 0.15) is 6.29 Å². The number of aromatic nitrogens is 2. The monoisotopic (exact) mass is 361 g/mol. The van der Waals surface area contributed by atoms with Crippen molar-refractivity contribution in [3.63, 3.8) is 0 Å². The van der Waals surface area contributed by atoms with Gasteiger partial charge in [0.15, 0.2) is 0 Å². The summed E-state index contributed by atoms with van der Waals surface area (Å²) in [5.41, 5.74) is 4.76. The minimum absolute atomic E-state index is 0.281. The lowest BCUT2D eigenvalue weighted by Crippen LogP contribution is -2.31. The lowest BCUT2D eigenvalue weighted by atomic mass is 9.69. The van der Waals surface area contributed by atoms with Gasteiger partial charge in [-0.1, -0.05) is 32.0 Å². The van der Waals surface area contributed by atoms with Crippen LogP contribution in [0.1, 0.15) is 43.5 Å². The van der Waals surface area contributed by atoms with Gasteiger partial charge in [0.05, 0.1) is 23.2 Å². The number of aliphatic hydroxyl groups excluding tert-OH is 1. The number of fused-ring (bicyclic) bond motifs is 1. The van der Waals surface area contributed by atoms with Crippen LogP contribution in [0.3, 0.4) is 0 Å². The number of H-pyrrole nitrogens is 1. The summed E-state index contributed by atoms with van der Waals surface area (Å²) < 4.78 is 0. The molecule has 138 valence electrons. The maximum atomic E-state index is 11.9. The van der Waals surface area contributed by atoms with Crippen molar-refractivity contribution in [2.45, 2.75) is 32.3 Å². The standard InChI is InChI=1S/C22H23N3O2/c1-22(2)12-15(13-26)17-19(24-16-6-4-3-5-7-16)18(25-20(17)21(22)27)14-8-10-23-11-9-14/h3-11,13,15,21,24-25,27H,12H2,1-2H3. The van der Waals surface area contributed by atoms with Gasteiger partial charge in [0.2, 0.25) is 0 Å². The molecular weight excluding hydrogens is 338 g/mol. The smallest absolute Gasteiger partial charge is 0.127 e. The normalized spacial score (nSPS) is 20.7. The van der Waals surface area contributed by atoms with E-state index < -0.39 is 6.10 Å². The second-order valence-electron chi connectivity index (χ2n) is 7.77. The number of carbonyl (C=O) groups is 1. The SMILES string of the molecule is CC1(C)CC(C=O)c2c([nH]c(-c3ccncc3)c2Nc2ccccc2)C1O. The number of nitrogens with zero attached hydrogens (tertiary/aromatic N) is 1. The number of aliphatic hydroxyl groups is 1. The molecule has 0 aliphatic heterocycles. The lowest BCUT2D eigenvalue weighted by molar-refractivity contribution is -0.110. The molecule has 0 fully saturated rings. The average Bonchev–Trinajstić information content (AvgIpc) is 3.05. The van der Waals surface area contributed by atoms with Crippen molar-refractivity contribution in [3.05, 3.63) is 66.1 Å². The first kappa shape index (κ1) is 17.5. The van der Waals surface area contributed by atoms with E-state index >= 15 is 0 Å². The summed E-state index contributed by atoms with van der Waals surface area (Å²) >= 11 is 0. The summed E-state index contributed by atoms with van der Waals surface area (Å²) in [7, 11) is 0. The Morgan fingerprint density at radius 2 is 1.89 bits per heavy atom. The number of pyridine rings is 1. The molecule has 2 atom stereocenters. The fourth-order valence-corrected chi connectivity index (χ4v) is 3.95. The maximum absolute atomic E-state index is 11.9. The number of benzene rings is 1. The first-order valence-corrected chi connectivity index (χ1v) is 9.13. The van der Waals surface area contributed by atoms with Crippen molar-refractivity contribution < 1.29 is 9.90 Å². The maximum Gasteiger partial charge on any atom is 0.127 e. The molecule has 0 radical (unpaired) electrons. The molecular formula is C22H23N3O2. The van der Waals surface area contributed by atoms with E-state index in [2.05, 4.69) is 15.3 Å². The van der Waals surface area contributed by atoms with E-state index in [9.17, 15) is 9.90 Å². The van der Waals surface area contributed by atoms with Crippen LogP contribution >= 0.6 is 0 Å². The van der Waals surface area contributed by atoms with Gasteiger partial charge < -0.3 is 20.2 Å². The van der Waals surface area contributed by atoms with Gasteiger partial charge in [-0.15, -0.1) is 0 Å². The molecule has 3 N–H and O–H groups in total. The van der Waals surface area contributed by atoms with Gasteiger partial charge >= 0.3 is 0 Å². The highest BCUT2D eigenvalue weighted by Crippen LogP contribution is 2.52. The zero-order valence-corrected chi connectivity index (χ0v) is 15.4. The molecule has 5 heteroatoms. The average molecular weight is 361 g/mol. The predicted octanol–water partition coefficient (Wildman–Crippen LogP) is 4.57. The second-order valence-corrected chi connectivity index (χ2v) is 7.77. The molecule has 3 aromatic rings. The number of aromatic amines is 1. The summed E-state index contributed by atoms with van der Waals surface area (Å²) in [6, 6.07) is 13.7. The minimum Gasteiger partial charge on any atom is -0.386 e. The Kier molecular flexibility index (Phi) is 4.32. The molecule has 4 rings (SSSR count). The zero-order valence-electron chi connectivity index (χ0n) is 15.4. The third-order valence-corrected chi connectivity index (χ3v) is 5.38. The van der Waals surface area contributed by atoms with Crippen molar-refractivity contribution in [3.8, 4) is 11.3 Å². The van der Waals surface area contributed by atoms with E-state index in [0.717, 1.165) is 34.5 Å². The summed E-state index contributed by atoms with van der Waals surface area (Å²) in [6.07, 6.45) is 4.39. The first-order valence-electron chi connectivity index (χ1n) is 9.13. The van der Waals surface area contributed by atoms with E-state index in [1.807, 2.05) is 56.3 Å². The van der Waals surface area contributed by atoms with E-state index in [-0.39, 0.29) is 11.3 Å². The fraction of sp³-hybridized carbons (Fsp3) is 0.273. The number of hydrogen-bond acceptors (Lipinski definition) is 4. The van der Waals surface area contributed by atoms with Crippen LogP contribution in [-0.4, -0.2) is 21.4 Å². The number of para-hydroxylation sites is 1. The molecule has 1 aliphatic rings. The van der Waals surface area contributed by atoms with Crippen LogP contribution in [0.25, 0.3) is 11.3 Å². The molecule has 1 aliphatic carbocycles. The number of aldehydes is 1. The van der Waals surface area contributed by atoms with Crippen LogP contribution < -0.4 is 5.32 Å². The van der Waals surface area contributed by atoms with Gasteiger partial charge in [-0.2, -0.15) is 0 Å². The van der Waals surface area contributed by atoms with Gasteiger partial charge in [-0.25, -0.2) is 0 Å². The van der Waals surface area contributed by atoms with Gasteiger partial charge in [0, 0.05) is 35.1 Å². The Hall–Kier alpha value is -2.92. The van der Waals surface area contributed by atoms with Crippen LogP contribution in [0.5, 0.6) is 0 Å². The Balaban J connectivity index is 1.93. The molecule has 1 aromatic carbocycles. The van der Waals surface area contributed by atoms with Crippen molar-refractivity contribution in [1.29, 1.82) is 0 Å². The predicted molar refractivity (Wildman–Crippen MR) is 106 cm³/mol. The molecule has 2 unspecified atom stereocenters. The number of nitrogens with one attached hydrogen (secondary N) is 2. The number of rotatable bonds is 4. The van der Waals surface area contributed by atoms with E-state index in [4.69, 9.17) is 0 Å². The number of anilines is 2. The zero-order chi connectivity index (χ0) is 19.0. The Bertz CT molecular complexity index is 948. The molecule has 27 heavy (non-hydrogen) atoms. The number of carbonyl (C=O) groups excluding carboxylic acids is 1. The van der Waals surface area contributed by atoms with Crippen LogP contribution in [0, 0.1) is 5.41 Å². The van der Waals surface area contributed by atoms with E-state index in [0.29, 0.717) is 12.1 Å². The number of hydrogen-bond donors (Lipinski definition) is 3. The van der Waals surface area contributed by atoms with Crippen molar-refractivity contribution in [1.82, 2.24) is 9.97 Å². The highest BCUT2D eigenvalue weighted by molar-refractivity contribution is 5.86. The minimum atomic E-state index is -0.671. The molecule has 2 aromatic heterocycles. The molecule has 0 saturated heterocycles. The molecule has 0 amide bonds. The van der Waals surface area contributed by atoms with Crippen LogP contribution in [0.2, 0.25) is 0 Å². The molecule has 0 bridgehead atoms. The van der Waals surface area contributed by atoms with Gasteiger partial charge in [-0.3, -0.25) is 4.98 Å².